The van der Waals surface area contributed by atoms with Gasteiger partial charge in [-0.15, -0.1) is 0 Å². The lowest BCUT2D eigenvalue weighted by molar-refractivity contribution is 0.0388. The number of benzene rings is 1. The minimum atomic E-state index is -0.651. The first-order chi connectivity index (χ1) is 13.2. The Balaban J connectivity index is 1.85. The van der Waals surface area contributed by atoms with E-state index in [0.717, 1.165) is 30.8 Å². The summed E-state index contributed by atoms with van der Waals surface area (Å²) < 4.78 is 15.7. The average molecular weight is 369 g/mol. The molecule has 0 radical (unpaired) electrons. The molecule has 1 fully saturated rings. The van der Waals surface area contributed by atoms with Gasteiger partial charge in [-0.05, 0) is 47.4 Å². The van der Waals surface area contributed by atoms with Crippen molar-refractivity contribution in [2.45, 2.75) is 31.2 Å². The molecule has 1 aliphatic carbocycles. The van der Waals surface area contributed by atoms with Gasteiger partial charge in [0.25, 0.3) is 0 Å². The second-order valence-corrected chi connectivity index (χ2v) is 6.73. The number of aliphatic hydroxyl groups excluding tert-OH is 1. The summed E-state index contributed by atoms with van der Waals surface area (Å²) in [5.74, 6) is 7.28. The Kier molecular flexibility index (Phi) is 6.70. The number of piperidine rings is 1. The van der Waals surface area contributed by atoms with E-state index >= 15 is 0 Å². The minimum absolute atomic E-state index is 0.0743. The molecule has 1 aliphatic heterocycles. The normalized spacial score (nSPS) is 25.0. The molecular weight excluding hydrogens is 342 g/mol. The lowest BCUT2D eigenvalue weighted by Gasteiger charge is -2.39. The third-order valence-electron chi connectivity index (χ3n) is 5.02. The van der Waals surface area contributed by atoms with Crippen LogP contribution in [0.5, 0.6) is 5.75 Å². The maximum Gasteiger partial charge on any atom is 0.118 e. The summed E-state index contributed by atoms with van der Waals surface area (Å²) in [7, 11) is 4.93. The first-order valence-electron chi connectivity index (χ1n) is 9.14. The van der Waals surface area contributed by atoms with Gasteiger partial charge in [0.1, 0.15) is 24.6 Å². The summed E-state index contributed by atoms with van der Waals surface area (Å²) in [6, 6.07) is 8.03. The van der Waals surface area contributed by atoms with Crippen LogP contribution >= 0.6 is 0 Å². The third-order valence-corrected chi connectivity index (χ3v) is 5.02. The number of rotatable bonds is 5. The fraction of sp³-hybridized carbons (Fsp3) is 0.455. The van der Waals surface area contributed by atoms with Crippen molar-refractivity contribution in [1.29, 1.82) is 0 Å². The van der Waals surface area contributed by atoms with Crippen LogP contribution in [0.15, 0.2) is 47.6 Å². The quantitative estimate of drug-likeness (QED) is 0.806. The Bertz CT molecular complexity index is 757. The SMILES string of the molecule is COCC#CC1C2=CC(O)C(OC)C=C2CCN1Cc1ccc(OC)cc1. The van der Waals surface area contributed by atoms with Gasteiger partial charge in [-0.2, -0.15) is 0 Å². The summed E-state index contributed by atoms with van der Waals surface area (Å²) in [5.41, 5.74) is 3.50. The van der Waals surface area contributed by atoms with Crippen molar-refractivity contribution in [1.82, 2.24) is 4.90 Å². The van der Waals surface area contributed by atoms with Gasteiger partial charge in [0.15, 0.2) is 0 Å². The van der Waals surface area contributed by atoms with E-state index in [1.165, 1.54) is 11.1 Å². The topological polar surface area (TPSA) is 51.2 Å². The molecule has 3 rings (SSSR count). The maximum absolute atomic E-state index is 10.4. The highest BCUT2D eigenvalue weighted by Gasteiger charge is 2.33. The smallest absolute Gasteiger partial charge is 0.118 e. The Morgan fingerprint density at radius 2 is 1.93 bits per heavy atom. The van der Waals surface area contributed by atoms with Crippen molar-refractivity contribution in [3.8, 4) is 17.6 Å². The number of fused-ring (bicyclic) bond motifs is 1. The zero-order chi connectivity index (χ0) is 19.2. The average Bonchev–Trinajstić information content (AvgIpc) is 2.69. The highest BCUT2D eigenvalue weighted by atomic mass is 16.5. The van der Waals surface area contributed by atoms with Crippen LogP contribution in [-0.2, 0) is 16.0 Å². The third kappa shape index (κ3) is 4.60. The second-order valence-electron chi connectivity index (χ2n) is 6.73. The van der Waals surface area contributed by atoms with E-state index in [1.54, 1.807) is 21.3 Å². The molecular formula is C22H27NO4. The number of likely N-dealkylation sites (tertiary alicyclic amines) is 1. The largest absolute Gasteiger partial charge is 0.497 e. The summed E-state index contributed by atoms with van der Waals surface area (Å²) >= 11 is 0. The molecule has 0 amide bonds. The van der Waals surface area contributed by atoms with E-state index < -0.39 is 6.10 Å². The summed E-state index contributed by atoms with van der Waals surface area (Å²) in [5, 5.41) is 10.4. The molecule has 3 atom stereocenters. The van der Waals surface area contributed by atoms with Crippen molar-refractivity contribution >= 4 is 0 Å². The summed E-state index contributed by atoms with van der Waals surface area (Å²) in [4.78, 5) is 2.34. The molecule has 0 bridgehead atoms. The molecule has 144 valence electrons. The standard InChI is InChI=1S/C22H27NO4/c1-25-12-4-5-20-19-14-21(24)22(27-3)13-17(19)10-11-23(20)15-16-6-8-18(26-2)9-7-16/h6-9,13-14,20-22,24H,10-12,15H2,1-3H3. The minimum Gasteiger partial charge on any atom is -0.497 e. The molecule has 1 N–H and O–H groups in total. The highest BCUT2D eigenvalue weighted by molar-refractivity contribution is 5.47. The van der Waals surface area contributed by atoms with Gasteiger partial charge in [-0.25, -0.2) is 0 Å². The van der Waals surface area contributed by atoms with Crippen LogP contribution in [0, 0.1) is 11.8 Å². The summed E-state index contributed by atoms with van der Waals surface area (Å²) in [6.45, 7) is 2.07. The Morgan fingerprint density at radius 1 is 1.15 bits per heavy atom. The number of nitrogens with zero attached hydrogens (tertiary/aromatic N) is 1. The van der Waals surface area contributed by atoms with E-state index in [-0.39, 0.29) is 12.1 Å². The molecule has 0 spiro atoms. The van der Waals surface area contributed by atoms with Crippen LogP contribution in [-0.4, -0.2) is 62.7 Å². The molecule has 2 aliphatic rings. The number of hydrogen-bond donors (Lipinski definition) is 1. The Hall–Kier alpha value is -2.10. The van der Waals surface area contributed by atoms with Gasteiger partial charge in [0.05, 0.1) is 13.2 Å². The van der Waals surface area contributed by atoms with Crippen LogP contribution in [0.25, 0.3) is 0 Å². The van der Waals surface area contributed by atoms with E-state index in [4.69, 9.17) is 14.2 Å². The lowest BCUT2D eigenvalue weighted by Crippen LogP contribution is -2.43. The molecule has 1 heterocycles. The van der Waals surface area contributed by atoms with Crippen LogP contribution in [0.2, 0.25) is 0 Å². The van der Waals surface area contributed by atoms with E-state index in [1.807, 2.05) is 24.3 Å². The molecule has 0 saturated carbocycles. The molecule has 1 aromatic carbocycles. The van der Waals surface area contributed by atoms with Crippen LogP contribution < -0.4 is 4.74 Å². The molecule has 1 aromatic rings. The van der Waals surface area contributed by atoms with Crippen molar-refractivity contribution in [3.05, 3.63) is 53.1 Å². The second kappa shape index (κ2) is 9.20. The zero-order valence-corrected chi connectivity index (χ0v) is 16.1. The molecule has 5 nitrogen and oxygen atoms in total. The Morgan fingerprint density at radius 3 is 2.59 bits per heavy atom. The van der Waals surface area contributed by atoms with Crippen molar-refractivity contribution in [2.75, 3.05) is 34.5 Å². The predicted octanol–water partition coefficient (Wildman–Crippen LogP) is 2.16. The molecule has 27 heavy (non-hydrogen) atoms. The van der Waals surface area contributed by atoms with E-state index in [9.17, 15) is 5.11 Å². The van der Waals surface area contributed by atoms with Gasteiger partial charge in [-0.1, -0.05) is 24.0 Å². The van der Waals surface area contributed by atoms with E-state index in [0.29, 0.717) is 6.61 Å². The van der Waals surface area contributed by atoms with Crippen molar-refractivity contribution in [2.24, 2.45) is 0 Å². The molecule has 5 heteroatoms. The molecule has 1 saturated heterocycles. The number of aliphatic hydroxyl groups is 1. The molecule has 3 unspecified atom stereocenters. The van der Waals surface area contributed by atoms with Crippen molar-refractivity contribution < 1.29 is 19.3 Å². The summed E-state index contributed by atoms with van der Waals surface area (Å²) in [6.07, 6.45) is 3.91. The van der Waals surface area contributed by atoms with Gasteiger partial charge in [0.2, 0.25) is 0 Å². The van der Waals surface area contributed by atoms with Crippen LogP contribution in [0.1, 0.15) is 12.0 Å². The van der Waals surface area contributed by atoms with Gasteiger partial charge in [0, 0.05) is 27.3 Å². The monoisotopic (exact) mass is 369 g/mol. The molecule has 0 aromatic heterocycles. The predicted molar refractivity (Wildman–Crippen MR) is 104 cm³/mol. The van der Waals surface area contributed by atoms with Gasteiger partial charge >= 0.3 is 0 Å². The van der Waals surface area contributed by atoms with Crippen LogP contribution in [0.4, 0.5) is 0 Å². The first-order valence-corrected chi connectivity index (χ1v) is 9.14. The first kappa shape index (κ1) is 19.7. The Labute approximate surface area is 161 Å². The zero-order valence-electron chi connectivity index (χ0n) is 16.1. The van der Waals surface area contributed by atoms with Crippen molar-refractivity contribution in [3.63, 3.8) is 0 Å². The van der Waals surface area contributed by atoms with Gasteiger partial charge < -0.3 is 19.3 Å². The fourth-order valence-electron chi connectivity index (χ4n) is 3.59. The van der Waals surface area contributed by atoms with Gasteiger partial charge in [-0.3, -0.25) is 4.90 Å². The number of methoxy groups -OCH3 is 3. The van der Waals surface area contributed by atoms with E-state index in [2.05, 4.69) is 28.9 Å². The van der Waals surface area contributed by atoms with Crippen LogP contribution in [0.3, 0.4) is 0 Å². The lowest BCUT2D eigenvalue weighted by atomic mass is 9.84. The fourth-order valence-corrected chi connectivity index (χ4v) is 3.59. The maximum atomic E-state index is 10.4. The highest BCUT2D eigenvalue weighted by Crippen LogP contribution is 2.33. The number of hydrogen-bond acceptors (Lipinski definition) is 5. The number of ether oxygens (including phenoxy) is 3.